The van der Waals surface area contributed by atoms with E-state index in [9.17, 15) is 9.59 Å². The molecule has 1 saturated heterocycles. The van der Waals surface area contributed by atoms with Crippen LogP contribution in [0.4, 0.5) is 5.82 Å². The van der Waals surface area contributed by atoms with Crippen LogP contribution in [0.3, 0.4) is 0 Å². The van der Waals surface area contributed by atoms with Gasteiger partial charge in [-0.25, -0.2) is 4.98 Å². The van der Waals surface area contributed by atoms with Crippen molar-refractivity contribution in [3.8, 4) is 0 Å². The summed E-state index contributed by atoms with van der Waals surface area (Å²) in [6.07, 6.45) is 2.12. The van der Waals surface area contributed by atoms with E-state index in [0.29, 0.717) is 12.1 Å². The molecule has 0 radical (unpaired) electrons. The predicted molar refractivity (Wildman–Crippen MR) is 107 cm³/mol. The Kier molecular flexibility index (Phi) is 6.60. The number of carbonyl (C=O) groups is 2. The minimum atomic E-state index is -0.268. The molecule has 0 aliphatic carbocycles. The number of amides is 2. The maximum atomic E-state index is 12.0. The van der Waals surface area contributed by atoms with Crippen LogP contribution >= 0.6 is 0 Å². The Morgan fingerprint density at radius 2 is 1.79 bits per heavy atom. The first-order valence-corrected chi connectivity index (χ1v) is 9.46. The van der Waals surface area contributed by atoms with Crippen molar-refractivity contribution in [1.29, 1.82) is 0 Å². The van der Waals surface area contributed by atoms with E-state index in [0.717, 1.165) is 24.5 Å². The van der Waals surface area contributed by atoms with Gasteiger partial charge in [0.25, 0.3) is 5.91 Å². The van der Waals surface area contributed by atoms with Gasteiger partial charge in [-0.3, -0.25) is 9.59 Å². The minimum Gasteiger partial charge on any atom is -0.372 e. The van der Waals surface area contributed by atoms with Gasteiger partial charge in [0, 0.05) is 31.4 Å². The third-order valence-corrected chi connectivity index (χ3v) is 4.49. The quantitative estimate of drug-likeness (QED) is 0.795. The lowest BCUT2D eigenvalue weighted by molar-refractivity contribution is -0.120. The summed E-state index contributed by atoms with van der Waals surface area (Å²) in [6.45, 7) is 6.04. The number of anilines is 1. The molecule has 1 fully saturated rings. The van der Waals surface area contributed by atoms with Crippen molar-refractivity contribution in [1.82, 2.24) is 15.6 Å². The van der Waals surface area contributed by atoms with Crippen LogP contribution in [0.2, 0.25) is 0 Å². The van der Waals surface area contributed by atoms with E-state index < -0.39 is 0 Å². The summed E-state index contributed by atoms with van der Waals surface area (Å²) < 4.78 is 5.75. The van der Waals surface area contributed by atoms with Crippen molar-refractivity contribution >= 4 is 17.6 Å². The van der Waals surface area contributed by atoms with Crippen molar-refractivity contribution in [3.05, 3.63) is 59.8 Å². The Labute approximate surface area is 165 Å². The van der Waals surface area contributed by atoms with Crippen LogP contribution in [0.5, 0.6) is 0 Å². The summed E-state index contributed by atoms with van der Waals surface area (Å²) in [4.78, 5) is 30.6. The van der Waals surface area contributed by atoms with Gasteiger partial charge in [-0.2, -0.15) is 0 Å². The minimum absolute atomic E-state index is 0.0667. The van der Waals surface area contributed by atoms with Crippen LogP contribution in [0, 0.1) is 0 Å². The number of hydrogen-bond acceptors (Lipinski definition) is 5. The Balaban J connectivity index is 1.44. The highest BCUT2D eigenvalue weighted by atomic mass is 16.5. The molecule has 2 N–H and O–H groups in total. The average molecular weight is 382 g/mol. The fourth-order valence-electron chi connectivity index (χ4n) is 3.19. The lowest BCUT2D eigenvalue weighted by Gasteiger charge is -2.36. The lowest BCUT2D eigenvalue weighted by Crippen LogP contribution is -2.45. The highest BCUT2D eigenvalue weighted by Crippen LogP contribution is 2.18. The smallest absolute Gasteiger partial charge is 0.251 e. The summed E-state index contributed by atoms with van der Waals surface area (Å²) in [7, 11) is 0. The summed E-state index contributed by atoms with van der Waals surface area (Å²) in [5.74, 6) is 0.395. The van der Waals surface area contributed by atoms with E-state index in [4.69, 9.17) is 4.74 Å². The van der Waals surface area contributed by atoms with Gasteiger partial charge in [0.05, 0.1) is 18.8 Å². The number of aromatic nitrogens is 1. The number of benzene rings is 1. The number of hydrogen-bond donors (Lipinski definition) is 2. The number of nitrogens with one attached hydrogen (secondary N) is 2. The molecule has 7 nitrogen and oxygen atoms in total. The van der Waals surface area contributed by atoms with Gasteiger partial charge in [-0.1, -0.05) is 24.3 Å². The summed E-state index contributed by atoms with van der Waals surface area (Å²) >= 11 is 0. The molecular weight excluding hydrogens is 356 g/mol. The molecule has 0 spiro atoms. The van der Waals surface area contributed by atoms with Crippen LogP contribution in [-0.4, -0.2) is 48.6 Å². The predicted octanol–water partition coefficient (Wildman–Crippen LogP) is 1.74. The zero-order chi connectivity index (χ0) is 19.9. The number of pyridine rings is 1. The Hall–Kier alpha value is -2.93. The van der Waals surface area contributed by atoms with Gasteiger partial charge in [0.2, 0.25) is 5.91 Å². The zero-order valence-electron chi connectivity index (χ0n) is 16.2. The first-order valence-electron chi connectivity index (χ1n) is 9.46. The number of morpholine rings is 1. The molecule has 28 heavy (non-hydrogen) atoms. The number of ether oxygens (including phenoxy) is 1. The Morgan fingerprint density at radius 3 is 2.43 bits per heavy atom. The number of nitrogens with zero attached hydrogens (tertiary/aromatic N) is 2. The molecule has 2 heterocycles. The third-order valence-electron chi connectivity index (χ3n) is 4.49. The largest absolute Gasteiger partial charge is 0.372 e. The zero-order valence-corrected chi connectivity index (χ0v) is 16.2. The highest BCUT2D eigenvalue weighted by molar-refractivity contribution is 5.96. The molecule has 1 aliphatic heterocycles. The van der Waals surface area contributed by atoms with Crippen LogP contribution in [0.1, 0.15) is 29.8 Å². The number of carbonyl (C=O) groups excluding carboxylic acids is 2. The third kappa shape index (κ3) is 5.53. The van der Waals surface area contributed by atoms with Gasteiger partial charge >= 0.3 is 0 Å². The van der Waals surface area contributed by atoms with Crippen molar-refractivity contribution < 1.29 is 14.3 Å². The van der Waals surface area contributed by atoms with E-state index in [-0.39, 0.29) is 30.6 Å². The van der Waals surface area contributed by atoms with Crippen LogP contribution in [-0.2, 0) is 16.1 Å². The van der Waals surface area contributed by atoms with Gasteiger partial charge in [0.1, 0.15) is 5.82 Å². The summed E-state index contributed by atoms with van der Waals surface area (Å²) in [5.41, 5.74) is 1.43. The maximum absolute atomic E-state index is 12.0. The van der Waals surface area contributed by atoms with E-state index in [1.807, 2.05) is 18.2 Å². The standard InChI is InChI=1S/C21H26N4O3/c1-15-13-25(14-16(2)28-15)19-9-8-17(10-22-19)11-23-20(26)12-24-21(27)18-6-4-3-5-7-18/h3-10,15-16H,11-14H2,1-2H3,(H,23,26)(H,24,27). The second kappa shape index (κ2) is 9.32. The molecule has 2 unspecified atom stereocenters. The van der Waals surface area contributed by atoms with Gasteiger partial charge in [-0.05, 0) is 37.6 Å². The number of rotatable bonds is 6. The summed E-state index contributed by atoms with van der Waals surface area (Å²) in [6, 6.07) is 12.7. The molecule has 1 aromatic carbocycles. The molecule has 0 saturated carbocycles. The molecule has 2 aromatic rings. The monoisotopic (exact) mass is 382 g/mol. The molecule has 7 heteroatoms. The molecular formula is C21H26N4O3. The highest BCUT2D eigenvalue weighted by Gasteiger charge is 2.22. The SMILES string of the molecule is CC1CN(c2ccc(CNC(=O)CNC(=O)c3ccccc3)cn2)CC(C)O1. The average Bonchev–Trinajstić information content (AvgIpc) is 2.70. The van der Waals surface area contributed by atoms with Crippen LogP contribution in [0.25, 0.3) is 0 Å². The fourth-order valence-corrected chi connectivity index (χ4v) is 3.19. The Bertz CT molecular complexity index is 785. The first-order chi connectivity index (χ1) is 13.5. The normalized spacial score (nSPS) is 19.1. The molecule has 2 atom stereocenters. The second-order valence-corrected chi connectivity index (χ2v) is 7.01. The molecule has 1 aromatic heterocycles. The van der Waals surface area contributed by atoms with Crippen molar-refractivity contribution in [3.63, 3.8) is 0 Å². The summed E-state index contributed by atoms with van der Waals surface area (Å²) in [5, 5.41) is 5.40. The van der Waals surface area contributed by atoms with Crippen molar-refractivity contribution in [2.45, 2.75) is 32.6 Å². The molecule has 2 amide bonds. The fraction of sp³-hybridized carbons (Fsp3) is 0.381. The van der Waals surface area contributed by atoms with E-state index in [2.05, 4.69) is 34.4 Å². The lowest BCUT2D eigenvalue weighted by atomic mass is 10.2. The van der Waals surface area contributed by atoms with Crippen LogP contribution in [0.15, 0.2) is 48.7 Å². The Morgan fingerprint density at radius 1 is 1.07 bits per heavy atom. The molecule has 3 rings (SSSR count). The first kappa shape index (κ1) is 19.8. The maximum Gasteiger partial charge on any atom is 0.251 e. The molecule has 148 valence electrons. The van der Waals surface area contributed by atoms with Crippen molar-refractivity contribution in [2.24, 2.45) is 0 Å². The van der Waals surface area contributed by atoms with Crippen molar-refractivity contribution in [2.75, 3.05) is 24.5 Å². The van der Waals surface area contributed by atoms with Gasteiger partial charge < -0.3 is 20.3 Å². The topological polar surface area (TPSA) is 83.6 Å². The van der Waals surface area contributed by atoms with Gasteiger partial charge in [-0.15, -0.1) is 0 Å². The van der Waals surface area contributed by atoms with Gasteiger partial charge in [0.15, 0.2) is 0 Å². The van der Waals surface area contributed by atoms with E-state index in [1.54, 1.807) is 30.5 Å². The van der Waals surface area contributed by atoms with E-state index in [1.165, 1.54) is 0 Å². The van der Waals surface area contributed by atoms with E-state index >= 15 is 0 Å². The molecule has 0 bridgehead atoms. The molecule has 1 aliphatic rings. The van der Waals surface area contributed by atoms with Crippen LogP contribution < -0.4 is 15.5 Å². The second-order valence-electron chi connectivity index (χ2n) is 7.01.